The van der Waals surface area contributed by atoms with E-state index in [9.17, 15) is 14.4 Å². The minimum Gasteiger partial charge on any atom is -0.497 e. The van der Waals surface area contributed by atoms with Crippen LogP contribution in [0.3, 0.4) is 0 Å². The number of nitrogens with one attached hydrogen (secondary N) is 2. The molecule has 168 valence electrons. The predicted octanol–water partition coefficient (Wildman–Crippen LogP) is 2.58. The summed E-state index contributed by atoms with van der Waals surface area (Å²) in [5.74, 6) is 2.06. The lowest BCUT2D eigenvalue weighted by Gasteiger charge is -2.56. The van der Waals surface area contributed by atoms with Crippen LogP contribution in [-0.2, 0) is 25.7 Å². The van der Waals surface area contributed by atoms with Crippen LogP contribution in [0, 0.1) is 23.2 Å². The van der Waals surface area contributed by atoms with Crippen LogP contribution in [0.2, 0.25) is 0 Å². The van der Waals surface area contributed by atoms with E-state index in [4.69, 9.17) is 9.47 Å². The molecule has 1 aromatic carbocycles. The van der Waals surface area contributed by atoms with E-state index in [0.29, 0.717) is 13.0 Å². The van der Waals surface area contributed by atoms with Crippen molar-refractivity contribution in [1.82, 2.24) is 10.6 Å². The number of rotatable bonds is 9. The maximum atomic E-state index is 12.5. The van der Waals surface area contributed by atoms with Gasteiger partial charge in [0, 0.05) is 13.0 Å². The van der Waals surface area contributed by atoms with Crippen LogP contribution in [0.15, 0.2) is 24.3 Å². The molecule has 4 aliphatic carbocycles. The first-order valence-corrected chi connectivity index (χ1v) is 11.2. The maximum Gasteiger partial charge on any atom is 0.325 e. The lowest BCUT2D eigenvalue weighted by molar-refractivity contribution is -0.148. The van der Waals surface area contributed by atoms with Crippen molar-refractivity contribution in [2.24, 2.45) is 23.2 Å². The van der Waals surface area contributed by atoms with E-state index in [1.807, 2.05) is 24.3 Å². The molecule has 7 nitrogen and oxygen atoms in total. The molecule has 0 spiro atoms. The number of carbonyl (C=O) groups excluding carboxylic acids is 3. The zero-order valence-corrected chi connectivity index (χ0v) is 18.2. The largest absolute Gasteiger partial charge is 0.497 e. The van der Waals surface area contributed by atoms with Gasteiger partial charge in [-0.3, -0.25) is 14.4 Å². The average Bonchev–Trinajstić information content (AvgIpc) is 2.74. The molecule has 4 fully saturated rings. The van der Waals surface area contributed by atoms with E-state index < -0.39 is 5.97 Å². The van der Waals surface area contributed by atoms with Crippen molar-refractivity contribution in [3.05, 3.63) is 29.8 Å². The normalized spacial score (nSPS) is 28.1. The fourth-order valence-corrected chi connectivity index (χ4v) is 6.27. The number of hydrogen-bond donors (Lipinski definition) is 2. The standard InChI is InChI=1S/C24H32N2O5/c1-30-20-4-2-16(3-5-20)13-25-22(28)15-31-23(29)14-26-21(27)12-24-9-17-6-18(10-24)8-19(7-17)11-24/h2-5,17-19H,6-15H2,1H3,(H,25,28)(H,26,27). The number of carbonyl (C=O) groups is 3. The second-order valence-corrected chi connectivity index (χ2v) is 9.66. The Morgan fingerprint density at radius 3 is 2.13 bits per heavy atom. The van der Waals surface area contributed by atoms with Crippen LogP contribution in [0.5, 0.6) is 5.75 Å². The van der Waals surface area contributed by atoms with E-state index in [1.165, 1.54) is 19.3 Å². The molecule has 0 unspecified atom stereocenters. The van der Waals surface area contributed by atoms with Gasteiger partial charge in [0.15, 0.2) is 6.61 Å². The smallest absolute Gasteiger partial charge is 0.325 e. The molecule has 0 radical (unpaired) electrons. The Labute approximate surface area is 183 Å². The molecule has 4 saturated carbocycles. The molecule has 0 saturated heterocycles. The number of hydrogen-bond acceptors (Lipinski definition) is 5. The van der Waals surface area contributed by atoms with Gasteiger partial charge in [-0.1, -0.05) is 12.1 Å². The maximum absolute atomic E-state index is 12.5. The van der Waals surface area contributed by atoms with Gasteiger partial charge in [-0.2, -0.15) is 0 Å². The number of methoxy groups -OCH3 is 1. The molecular weight excluding hydrogens is 396 g/mol. The van der Waals surface area contributed by atoms with Crippen LogP contribution in [-0.4, -0.2) is 38.0 Å². The third-order valence-electron chi connectivity index (χ3n) is 7.14. The summed E-state index contributed by atoms with van der Waals surface area (Å²) >= 11 is 0. The van der Waals surface area contributed by atoms with Crippen molar-refractivity contribution in [2.45, 2.75) is 51.5 Å². The van der Waals surface area contributed by atoms with Crippen molar-refractivity contribution in [2.75, 3.05) is 20.3 Å². The fraction of sp³-hybridized carbons (Fsp3) is 0.625. The van der Waals surface area contributed by atoms with Gasteiger partial charge in [-0.25, -0.2) is 0 Å². The Morgan fingerprint density at radius 2 is 1.55 bits per heavy atom. The molecule has 31 heavy (non-hydrogen) atoms. The Morgan fingerprint density at radius 1 is 0.935 bits per heavy atom. The van der Waals surface area contributed by atoms with E-state index >= 15 is 0 Å². The molecule has 1 aromatic rings. The van der Waals surface area contributed by atoms with Gasteiger partial charge in [-0.15, -0.1) is 0 Å². The summed E-state index contributed by atoms with van der Waals surface area (Å²) in [6, 6.07) is 7.33. The van der Waals surface area contributed by atoms with E-state index in [2.05, 4.69) is 10.6 Å². The molecule has 4 bridgehead atoms. The fourth-order valence-electron chi connectivity index (χ4n) is 6.27. The van der Waals surface area contributed by atoms with Gasteiger partial charge in [0.25, 0.3) is 5.91 Å². The Hall–Kier alpha value is -2.57. The van der Waals surface area contributed by atoms with Gasteiger partial charge in [0.05, 0.1) is 7.11 Å². The number of ether oxygens (including phenoxy) is 2. The topological polar surface area (TPSA) is 93.7 Å². The van der Waals surface area contributed by atoms with E-state index in [1.54, 1.807) is 7.11 Å². The number of esters is 1. The summed E-state index contributed by atoms with van der Waals surface area (Å²) in [6.07, 6.45) is 8.00. The highest BCUT2D eigenvalue weighted by molar-refractivity contribution is 5.84. The highest BCUT2D eigenvalue weighted by Crippen LogP contribution is 2.61. The second-order valence-electron chi connectivity index (χ2n) is 9.66. The van der Waals surface area contributed by atoms with Crippen molar-refractivity contribution >= 4 is 17.8 Å². The molecule has 0 aliphatic heterocycles. The molecule has 0 aromatic heterocycles. The lowest BCUT2D eigenvalue weighted by atomic mass is 9.49. The van der Waals surface area contributed by atoms with Crippen LogP contribution in [0.4, 0.5) is 0 Å². The molecule has 2 amide bonds. The van der Waals surface area contributed by atoms with Gasteiger partial charge in [-0.05, 0) is 79.4 Å². The lowest BCUT2D eigenvalue weighted by Crippen LogP contribution is -2.48. The summed E-state index contributed by atoms with van der Waals surface area (Å²) < 4.78 is 10.1. The third-order valence-corrected chi connectivity index (χ3v) is 7.14. The van der Waals surface area contributed by atoms with Crippen molar-refractivity contribution in [3.63, 3.8) is 0 Å². The summed E-state index contributed by atoms with van der Waals surface area (Å²) in [7, 11) is 1.59. The minimum atomic E-state index is -0.599. The summed E-state index contributed by atoms with van der Waals surface area (Å²) in [4.78, 5) is 36.3. The summed E-state index contributed by atoms with van der Waals surface area (Å²) in [6.45, 7) is -0.223. The Kier molecular flexibility index (Phi) is 6.49. The van der Waals surface area contributed by atoms with Gasteiger partial charge in [0.1, 0.15) is 12.3 Å². The molecule has 0 heterocycles. The first-order valence-electron chi connectivity index (χ1n) is 11.2. The first-order chi connectivity index (χ1) is 14.9. The van der Waals surface area contributed by atoms with E-state index in [0.717, 1.165) is 48.3 Å². The van der Waals surface area contributed by atoms with E-state index in [-0.39, 0.29) is 30.4 Å². The van der Waals surface area contributed by atoms with Crippen molar-refractivity contribution in [1.29, 1.82) is 0 Å². The molecule has 4 aliphatic rings. The highest BCUT2D eigenvalue weighted by Gasteiger charge is 2.51. The monoisotopic (exact) mass is 428 g/mol. The molecule has 2 N–H and O–H groups in total. The highest BCUT2D eigenvalue weighted by atomic mass is 16.5. The van der Waals surface area contributed by atoms with Gasteiger partial charge < -0.3 is 20.1 Å². The Bertz CT molecular complexity index is 784. The zero-order chi connectivity index (χ0) is 21.8. The summed E-state index contributed by atoms with van der Waals surface area (Å²) in [5, 5.41) is 5.39. The average molecular weight is 429 g/mol. The number of amides is 2. The van der Waals surface area contributed by atoms with Crippen LogP contribution in [0.25, 0.3) is 0 Å². The summed E-state index contributed by atoms with van der Waals surface area (Å²) in [5.41, 5.74) is 1.06. The van der Waals surface area contributed by atoms with Crippen LogP contribution < -0.4 is 15.4 Å². The van der Waals surface area contributed by atoms with Crippen LogP contribution >= 0.6 is 0 Å². The first kappa shape index (κ1) is 21.7. The van der Waals surface area contributed by atoms with Crippen molar-refractivity contribution < 1.29 is 23.9 Å². The third kappa shape index (κ3) is 5.57. The Balaban J connectivity index is 1.12. The second kappa shape index (κ2) is 9.28. The molecule has 5 rings (SSSR count). The zero-order valence-electron chi connectivity index (χ0n) is 18.2. The molecule has 0 atom stereocenters. The van der Waals surface area contributed by atoms with Gasteiger partial charge in [0.2, 0.25) is 5.91 Å². The quantitative estimate of drug-likeness (QED) is 0.590. The SMILES string of the molecule is COc1ccc(CNC(=O)COC(=O)CNC(=O)CC23CC4CC(CC(C4)C2)C3)cc1. The van der Waals surface area contributed by atoms with Gasteiger partial charge >= 0.3 is 5.97 Å². The number of benzene rings is 1. The molecule has 7 heteroatoms. The van der Waals surface area contributed by atoms with Crippen molar-refractivity contribution in [3.8, 4) is 5.75 Å². The van der Waals surface area contributed by atoms with Crippen LogP contribution in [0.1, 0.15) is 50.5 Å². The molecular formula is C24H32N2O5. The minimum absolute atomic E-state index is 0.0807. The predicted molar refractivity (Wildman–Crippen MR) is 114 cm³/mol.